The molecule has 26 heavy (non-hydrogen) atoms. The molecule has 0 radical (unpaired) electrons. The molecular formula is C20H24N4O2. The van der Waals surface area contributed by atoms with Crippen LogP contribution in [0.2, 0.25) is 0 Å². The molecule has 3 N–H and O–H groups in total. The number of benzene rings is 1. The Balaban J connectivity index is 1.53. The Morgan fingerprint density at radius 3 is 2.31 bits per heavy atom. The van der Waals surface area contributed by atoms with E-state index >= 15 is 0 Å². The molecule has 0 saturated heterocycles. The molecule has 0 bridgehead atoms. The lowest BCUT2D eigenvalue weighted by Gasteiger charge is -2.22. The monoisotopic (exact) mass is 352 g/mol. The molecule has 0 atom stereocenters. The van der Waals surface area contributed by atoms with Gasteiger partial charge in [0.1, 0.15) is 0 Å². The molecule has 1 heterocycles. The standard InChI is InChI=1S/C20H24N4O2/c21-19(25)17-18(23-13-12-22-17)20(26)24-11-10-14-6-8-16(9-7-14)15-4-2-1-3-5-15/h6-9,12-13,15H,1-5,10-11H2,(H2,21,25)(H,24,26). The first kappa shape index (κ1) is 18.0. The van der Waals surface area contributed by atoms with E-state index in [2.05, 4.69) is 39.6 Å². The second-order valence-electron chi connectivity index (χ2n) is 6.70. The van der Waals surface area contributed by atoms with Crippen LogP contribution in [0.25, 0.3) is 0 Å². The third-order valence-corrected chi connectivity index (χ3v) is 4.90. The van der Waals surface area contributed by atoms with Crippen molar-refractivity contribution >= 4 is 11.8 Å². The van der Waals surface area contributed by atoms with Crippen molar-refractivity contribution in [2.24, 2.45) is 5.73 Å². The number of carbonyl (C=O) groups is 2. The molecule has 136 valence electrons. The minimum atomic E-state index is -0.762. The van der Waals surface area contributed by atoms with Gasteiger partial charge in [0.2, 0.25) is 0 Å². The van der Waals surface area contributed by atoms with E-state index in [1.807, 2.05) is 0 Å². The predicted octanol–water partition coefficient (Wildman–Crippen LogP) is 2.60. The number of hydrogen-bond acceptors (Lipinski definition) is 4. The number of primary amides is 1. The fourth-order valence-electron chi connectivity index (χ4n) is 3.48. The second kappa shape index (κ2) is 8.56. The van der Waals surface area contributed by atoms with Gasteiger partial charge in [-0.15, -0.1) is 0 Å². The van der Waals surface area contributed by atoms with E-state index < -0.39 is 11.8 Å². The van der Waals surface area contributed by atoms with Crippen LogP contribution in [0.3, 0.4) is 0 Å². The number of nitrogens with two attached hydrogens (primary N) is 1. The number of carbonyl (C=O) groups excluding carboxylic acids is 2. The lowest BCUT2D eigenvalue weighted by atomic mass is 9.84. The largest absolute Gasteiger partial charge is 0.364 e. The summed E-state index contributed by atoms with van der Waals surface area (Å²) < 4.78 is 0. The van der Waals surface area contributed by atoms with Crippen LogP contribution >= 0.6 is 0 Å². The van der Waals surface area contributed by atoms with Crippen LogP contribution in [0.4, 0.5) is 0 Å². The maximum Gasteiger partial charge on any atom is 0.272 e. The molecule has 0 aliphatic heterocycles. The normalized spacial score (nSPS) is 14.8. The molecule has 1 aliphatic carbocycles. The van der Waals surface area contributed by atoms with E-state index in [9.17, 15) is 9.59 Å². The molecule has 1 saturated carbocycles. The van der Waals surface area contributed by atoms with Gasteiger partial charge in [0.25, 0.3) is 11.8 Å². The quantitative estimate of drug-likeness (QED) is 0.835. The summed E-state index contributed by atoms with van der Waals surface area (Å²) in [5.41, 5.74) is 7.67. The van der Waals surface area contributed by atoms with E-state index in [1.165, 1.54) is 55.6 Å². The zero-order valence-corrected chi connectivity index (χ0v) is 14.8. The van der Waals surface area contributed by atoms with Gasteiger partial charge < -0.3 is 11.1 Å². The van der Waals surface area contributed by atoms with Crippen LogP contribution in [0.15, 0.2) is 36.7 Å². The van der Waals surface area contributed by atoms with Gasteiger partial charge in [-0.25, -0.2) is 9.97 Å². The van der Waals surface area contributed by atoms with E-state index in [0.717, 1.165) is 0 Å². The van der Waals surface area contributed by atoms with Crippen molar-refractivity contribution < 1.29 is 9.59 Å². The third-order valence-electron chi connectivity index (χ3n) is 4.90. The molecule has 3 rings (SSSR count). The molecule has 2 amide bonds. The molecule has 1 aromatic heterocycles. The van der Waals surface area contributed by atoms with Crippen molar-refractivity contribution in [3.8, 4) is 0 Å². The van der Waals surface area contributed by atoms with Gasteiger partial charge in [-0.1, -0.05) is 43.5 Å². The summed E-state index contributed by atoms with van der Waals surface area (Å²) in [6, 6.07) is 8.68. The van der Waals surface area contributed by atoms with Crippen molar-refractivity contribution in [1.29, 1.82) is 0 Å². The lowest BCUT2D eigenvalue weighted by molar-refractivity contribution is 0.0929. The minimum absolute atomic E-state index is 0.0346. The van der Waals surface area contributed by atoms with Crippen molar-refractivity contribution in [2.45, 2.75) is 44.4 Å². The van der Waals surface area contributed by atoms with Gasteiger partial charge >= 0.3 is 0 Å². The highest BCUT2D eigenvalue weighted by molar-refractivity contribution is 6.03. The molecular weight excluding hydrogens is 328 g/mol. The van der Waals surface area contributed by atoms with E-state index in [-0.39, 0.29) is 11.4 Å². The van der Waals surface area contributed by atoms with Crippen LogP contribution < -0.4 is 11.1 Å². The summed E-state index contributed by atoms with van der Waals surface area (Å²) >= 11 is 0. The Morgan fingerprint density at radius 2 is 1.65 bits per heavy atom. The summed E-state index contributed by atoms with van der Waals surface area (Å²) in [4.78, 5) is 31.3. The fourth-order valence-corrected chi connectivity index (χ4v) is 3.48. The first-order chi connectivity index (χ1) is 12.6. The van der Waals surface area contributed by atoms with Crippen LogP contribution in [0.5, 0.6) is 0 Å². The Hall–Kier alpha value is -2.76. The van der Waals surface area contributed by atoms with Crippen molar-refractivity contribution in [3.05, 3.63) is 59.2 Å². The maximum absolute atomic E-state index is 12.2. The zero-order chi connectivity index (χ0) is 18.4. The number of nitrogens with one attached hydrogen (secondary N) is 1. The highest BCUT2D eigenvalue weighted by Gasteiger charge is 2.18. The van der Waals surface area contributed by atoms with Gasteiger partial charge in [-0.05, 0) is 36.3 Å². The molecule has 6 nitrogen and oxygen atoms in total. The zero-order valence-electron chi connectivity index (χ0n) is 14.8. The summed E-state index contributed by atoms with van der Waals surface area (Å²) in [5.74, 6) is -0.506. The number of amides is 2. The van der Waals surface area contributed by atoms with Gasteiger partial charge in [-0.2, -0.15) is 0 Å². The van der Waals surface area contributed by atoms with Crippen molar-refractivity contribution in [3.63, 3.8) is 0 Å². The molecule has 1 aliphatic rings. The summed E-state index contributed by atoms with van der Waals surface area (Å²) in [5, 5.41) is 2.77. The van der Waals surface area contributed by atoms with Crippen LogP contribution in [-0.2, 0) is 6.42 Å². The number of rotatable bonds is 6. The second-order valence-corrected chi connectivity index (χ2v) is 6.70. The van der Waals surface area contributed by atoms with Gasteiger partial charge in [0.15, 0.2) is 11.4 Å². The van der Waals surface area contributed by atoms with Gasteiger partial charge in [-0.3, -0.25) is 9.59 Å². The maximum atomic E-state index is 12.2. The van der Waals surface area contributed by atoms with E-state index in [0.29, 0.717) is 18.9 Å². The van der Waals surface area contributed by atoms with Crippen molar-refractivity contribution in [2.75, 3.05) is 6.54 Å². The summed E-state index contributed by atoms with van der Waals surface area (Å²) in [7, 11) is 0. The van der Waals surface area contributed by atoms with Crippen LogP contribution in [0.1, 0.15) is 70.1 Å². The number of aromatic nitrogens is 2. The van der Waals surface area contributed by atoms with Gasteiger partial charge in [0.05, 0.1) is 0 Å². The summed E-state index contributed by atoms with van der Waals surface area (Å²) in [6.45, 7) is 0.455. The minimum Gasteiger partial charge on any atom is -0.364 e. The van der Waals surface area contributed by atoms with Gasteiger partial charge in [0, 0.05) is 18.9 Å². The van der Waals surface area contributed by atoms with Crippen LogP contribution in [-0.4, -0.2) is 28.3 Å². The SMILES string of the molecule is NC(=O)c1nccnc1C(=O)NCCc1ccc(C2CCCCC2)cc1. The Labute approximate surface area is 153 Å². The van der Waals surface area contributed by atoms with Crippen molar-refractivity contribution in [1.82, 2.24) is 15.3 Å². The smallest absolute Gasteiger partial charge is 0.272 e. The average molecular weight is 352 g/mol. The number of hydrogen-bond donors (Lipinski definition) is 2. The fraction of sp³-hybridized carbons (Fsp3) is 0.400. The Bertz CT molecular complexity index is 768. The number of nitrogens with zero attached hydrogens (tertiary/aromatic N) is 2. The Kier molecular flexibility index (Phi) is 5.94. The van der Waals surface area contributed by atoms with Crippen LogP contribution in [0, 0.1) is 0 Å². The topological polar surface area (TPSA) is 98.0 Å². The molecule has 1 fully saturated rings. The van der Waals surface area contributed by atoms with E-state index in [1.54, 1.807) is 0 Å². The molecule has 1 aromatic carbocycles. The first-order valence-electron chi connectivity index (χ1n) is 9.13. The molecule has 0 unspecified atom stereocenters. The third kappa shape index (κ3) is 4.45. The molecule has 6 heteroatoms. The molecule has 0 spiro atoms. The predicted molar refractivity (Wildman–Crippen MR) is 98.9 cm³/mol. The first-order valence-corrected chi connectivity index (χ1v) is 9.13. The summed E-state index contributed by atoms with van der Waals surface area (Å²) in [6.07, 6.45) is 10.0. The highest BCUT2D eigenvalue weighted by atomic mass is 16.2. The average Bonchev–Trinajstić information content (AvgIpc) is 2.69. The highest BCUT2D eigenvalue weighted by Crippen LogP contribution is 2.32. The Morgan fingerprint density at radius 1 is 1.00 bits per heavy atom. The molecule has 2 aromatic rings. The lowest BCUT2D eigenvalue weighted by Crippen LogP contribution is -2.30. The van der Waals surface area contributed by atoms with E-state index in [4.69, 9.17) is 5.73 Å².